The fraction of sp³-hybridized carbons (Fsp3) is 0.375. The van der Waals surface area contributed by atoms with Gasteiger partial charge in [0.15, 0.2) is 5.43 Å². The molecule has 2 aromatic rings. The molecule has 20 heavy (non-hydrogen) atoms. The van der Waals surface area contributed by atoms with E-state index in [0.717, 1.165) is 22.5 Å². The molecule has 2 heterocycles. The topological polar surface area (TPSA) is 49.0 Å². The Morgan fingerprint density at radius 2 is 2.10 bits per heavy atom. The van der Waals surface area contributed by atoms with E-state index in [1.54, 1.807) is 12.4 Å². The summed E-state index contributed by atoms with van der Waals surface area (Å²) in [7, 11) is 2.04. The summed E-state index contributed by atoms with van der Waals surface area (Å²) in [6.07, 6.45) is 3.59. The van der Waals surface area contributed by atoms with Crippen LogP contribution in [0.2, 0.25) is 0 Å². The summed E-state index contributed by atoms with van der Waals surface area (Å²) in [5, 5.41) is 0. The summed E-state index contributed by atoms with van der Waals surface area (Å²) in [4.78, 5) is 21.7. The van der Waals surface area contributed by atoms with Crippen molar-refractivity contribution in [3.63, 3.8) is 0 Å². The van der Waals surface area contributed by atoms with E-state index in [1.165, 1.54) is 0 Å². The SMILES string of the molecule is Cc1c[nH]c(CN(C)[C@@H](C)c2ccccn2)c(C)c1=O. The Labute approximate surface area is 119 Å². The average molecular weight is 271 g/mol. The molecule has 2 aromatic heterocycles. The Morgan fingerprint density at radius 3 is 2.75 bits per heavy atom. The highest BCUT2D eigenvalue weighted by molar-refractivity contribution is 5.23. The minimum atomic E-state index is 0.123. The van der Waals surface area contributed by atoms with Crippen molar-refractivity contribution in [2.75, 3.05) is 7.05 Å². The average Bonchev–Trinajstić information content (AvgIpc) is 2.48. The van der Waals surface area contributed by atoms with Crippen molar-refractivity contribution in [1.29, 1.82) is 0 Å². The first-order chi connectivity index (χ1) is 9.50. The molecule has 1 atom stereocenters. The second kappa shape index (κ2) is 6.01. The third kappa shape index (κ3) is 2.96. The summed E-state index contributed by atoms with van der Waals surface area (Å²) < 4.78 is 0. The molecule has 0 amide bonds. The molecule has 1 N–H and O–H groups in total. The van der Waals surface area contributed by atoms with E-state index in [1.807, 2.05) is 39.1 Å². The number of nitrogens with one attached hydrogen (secondary N) is 1. The second-order valence-electron chi connectivity index (χ2n) is 5.25. The van der Waals surface area contributed by atoms with Crippen LogP contribution in [0.25, 0.3) is 0 Å². The first-order valence-corrected chi connectivity index (χ1v) is 6.79. The lowest BCUT2D eigenvalue weighted by Crippen LogP contribution is -2.25. The fourth-order valence-electron chi connectivity index (χ4n) is 2.20. The Bertz CT molecular complexity index is 634. The zero-order valence-corrected chi connectivity index (χ0v) is 12.5. The number of rotatable bonds is 4. The molecule has 0 aromatic carbocycles. The summed E-state index contributed by atoms with van der Waals surface area (Å²) in [6, 6.07) is 6.12. The van der Waals surface area contributed by atoms with E-state index in [4.69, 9.17) is 0 Å². The Kier molecular flexibility index (Phi) is 4.35. The van der Waals surface area contributed by atoms with Gasteiger partial charge in [-0.25, -0.2) is 0 Å². The zero-order chi connectivity index (χ0) is 14.7. The first-order valence-electron chi connectivity index (χ1n) is 6.79. The molecular formula is C16H21N3O. The summed E-state index contributed by atoms with van der Waals surface area (Å²) in [5.74, 6) is 0. The number of aromatic amines is 1. The molecule has 0 saturated heterocycles. The van der Waals surface area contributed by atoms with Crippen LogP contribution in [0.5, 0.6) is 0 Å². The van der Waals surface area contributed by atoms with Gasteiger partial charge in [0.05, 0.1) is 5.69 Å². The molecular weight excluding hydrogens is 250 g/mol. The maximum atomic E-state index is 12.0. The number of hydrogen-bond donors (Lipinski definition) is 1. The molecule has 2 rings (SSSR count). The van der Waals surface area contributed by atoms with Crippen molar-refractivity contribution < 1.29 is 0 Å². The highest BCUT2D eigenvalue weighted by Gasteiger charge is 2.15. The molecule has 106 valence electrons. The molecule has 0 aliphatic rings. The third-order valence-corrected chi connectivity index (χ3v) is 3.80. The van der Waals surface area contributed by atoms with Crippen LogP contribution >= 0.6 is 0 Å². The Balaban J connectivity index is 2.18. The standard InChI is InChI=1S/C16H21N3O/c1-11-9-18-15(12(2)16(11)20)10-19(4)13(3)14-7-5-6-8-17-14/h5-9,13H,10H2,1-4H3,(H,18,20)/t13-/m0/s1. The van der Waals surface area contributed by atoms with E-state index in [0.29, 0.717) is 6.54 Å². The molecule has 0 fully saturated rings. The van der Waals surface area contributed by atoms with Gasteiger partial charge in [0.1, 0.15) is 0 Å². The number of aromatic nitrogens is 2. The lowest BCUT2D eigenvalue weighted by atomic mass is 10.1. The van der Waals surface area contributed by atoms with Gasteiger partial charge in [-0.1, -0.05) is 6.07 Å². The van der Waals surface area contributed by atoms with Crippen molar-refractivity contribution in [3.05, 3.63) is 63.3 Å². The number of nitrogens with zero attached hydrogens (tertiary/aromatic N) is 2. The minimum Gasteiger partial charge on any atom is -0.363 e. The minimum absolute atomic E-state index is 0.123. The molecule has 0 bridgehead atoms. The van der Waals surface area contributed by atoms with Gasteiger partial charge >= 0.3 is 0 Å². The molecule has 0 spiro atoms. The molecule has 0 aliphatic heterocycles. The van der Waals surface area contributed by atoms with E-state index >= 15 is 0 Å². The quantitative estimate of drug-likeness (QED) is 0.929. The molecule has 0 radical (unpaired) electrons. The van der Waals surface area contributed by atoms with Crippen molar-refractivity contribution in [2.24, 2.45) is 0 Å². The molecule has 0 saturated carbocycles. The summed E-state index contributed by atoms with van der Waals surface area (Å²) in [5.41, 5.74) is 3.67. The number of hydrogen-bond acceptors (Lipinski definition) is 3. The smallest absolute Gasteiger partial charge is 0.187 e. The fourth-order valence-corrected chi connectivity index (χ4v) is 2.20. The molecule has 0 unspecified atom stereocenters. The number of pyridine rings is 2. The molecule has 0 aliphatic carbocycles. The van der Waals surface area contributed by atoms with Crippen LogP contribution in [0.4, 0.5) is 0 Å². The van der Waals surface area contributed by atoms with Gasteiger partial charge in [-0.3, -0.25) is 14.7 Å². The van der Waals surface area contributed by atoms with Gasteiger partial charge in [0, 0.05) is 41.8 Å². The highest BCUT2D eigenvalue weighted by Crippen LogP contribution is 2.18. The lowest BCUT2D eigenvalue weighted by molar-refractivity contribution is 0.245. The third-order valence-electron chi connectivity index (χ3n) is 3.80. The van der Waals surface area contributed by atoms with Gasteiger partial charge < -0.3 is 4.98 Å². The van der Waals surface area contributed by atoms with Crippen LogP contribution in [0.3, 0.4) is 0 Å². The first kappa shape index (κ1) is 14.5. The van der Waals surface area contributed by atoms with E-state index in [-0.39, 0.29) is 11.5 Å². The Morgan fingerprint density at radius 1 is 1.35 bits per heavy atom. The normalized spacial score (nSPS) is 12.7. The maximum absolute atomic E-state index is 12.0. The van der Waals surface area contributed by atoms with Crippen LogP contribution in [-0.2, 0) is 6.54 Å². The van der Waals surface area contributed by atoms with Crippen molar-refractivity contribution >= 4 is 0 Å². The van der Waals surface area contributed by atoms with Crippen molar-refractivity contribution in [2.45, 2.75) is 33.4 Å². The second-order valence-corrected chi connectivity index (χ2v) is 5.25. The Hall–Kier alpha value is -1.94. The van der Waals surface area contributed by atoms with E-state index < -0.39 is 0 Å². The van der Waals surface area contributed by atoms with Crippen LogP contribution in [0, 0.1) is 13.8 Å². The van der Waals surface area contributed by atoms with E-state index in [2.05, 4.69) is 21.8 Å². The van der Waals surface area contributed by atoms with Crippen LogP contribution in [0.15, 0.2) is 35.4 Å². The van der Waals surface area contributed by atoms with Gasteiger partial charge in [-0.05, 0) is 40.0 Å². The zero-order valence-electron chi connectivity index (χ0n) is 12.5. The summed E-state index contributed by atoms with van der Waals surface area (Å²) in [6.45, 7) is 6.51. The summed E-state index contributed by atoms with van der Waals surface area (Å²) >= 11 is 0. The molecule has 4 nitrogen and oxygen atoms in total. The highest BCUT2D eigenvalue weighted by atomic mass is 16.1. The number of H-pyrrole nitrogens is 1. The largest absolute Gasteiger partial charge is 0.363 e. The van der Waals surface area contributed by atoms with Crippen molar-refractivity contribution in [3.8, 4) is 0 Å². The van der Waals surface area contributed by atoms with Crippen LogP contribution in [0.1, 0.15) is 35.5 Å². The molecule has 4 heteroatoms. The van der Waals surface area contributed by atoms with Gasteiger partial charge in [0.2, 0.25) is 0 Å². The van der Waals surface area contributed by atoms with Gasteiger partial charge in [-0.15, -0.1) is 0 Å². The number of aryl methyl sites for hydroxylation is 1. The van der Waals surface area contributed by atoms with Crippen LogP contribution < -0.4 is 5.43 Å². The van der Waals surface area contributed by atoms with Crippen molar-refractivity contribution in [1.82, 2.24) is 14.9 Å². The predicted molar refractivity (Wildman–Crippen MR) is 80.7 cm³/mol. The van der Waals surface area contributed by atoms with Crippen LogP contribution in [-0.4, -0.2) is 21.9 Å². The van der Waals surface area contributed by atoms with Gasteiger partial charge in [0.25, 0.3) is 0 Å². The predicted octanol–water partition coefficient (Wildman–Crippen LogP) is 2.58. The maximum Gasteiger partial charge on any atom is 0.187 e. The monoisotopic (exact) mass is 271 g/mol. The lowest BCUT2D eigenvalue weighted by Gasteiger charge is -2.24. The van der Waals surface area contributed by atoms with E-state index in [9.17, 15) is 4.79 Å². The van der Waals surface area contributed by atoms with Gasteiger partial charge in [-0.2, -0.15) is 0 Å².